The summed E-state index contributed by atoms with van der Waals surface area (Å²) in [6, 6.07) is 0. The molecule has 1 saturated heterocycles. The van der Waals surface area contributed by atoms with Crippen LogP contribution in [0.4, 0.5) is 0 Å². The van der Waals surface area contributed by atoms with E-state index in [1.54, 1.807) is 6.92 Å². The van der Waals surface area contributed by atoms with Gasteiger partial charge in [-0.05, 0) is 6.92 Å². The number of carboxylic acids is 2. The fraction of sp³-hybridized carbons (Fsp3) is 0.714. The monoisotopic (exact) mass is 174 g/mol. The Morgan fingerprint density at radius 1 is 1.33 bits per heavy atom. The topological polar surface area (TPSA) is 83.8 Å². The zero-order valence-corrected chi connectivity index (χ0v) is 6.56. The molecule has 3 atom stereocenters. The van der Waals surface area contributed by atoms with Gasteiger partial charge in [-0.3, -0.25) is 9.59 Å². The summed E-state index contributed by atoms with van der Waals surface area (Å²) in [5.41, 5.74) is 0. The molecule has 5 heteroatoms. The van der Waals surface area contributed by atoms with Crippen LogP contribution in [0.15, 0.2) is 0 Å². The third-order valence-electron chi connectivity index (χ3n) is 2.08. The maximum atomic E-state index is 10.6. The highest BCUT2D eigenvalue weighted by Gasteiger charge is 2.43. The van der Waals surface area contributed by atoms with Crippen molar-refractivity contribution in [2.75, 3.05) is 6.61 Å². The lowest BCUT2D eigenvalue weighted by Crippen LogP contribution is -2.31. The van der Waals surface area contributed by atoms with Gasteiger partial charge in [0.15, 0.2) is 0 Å². The van der Waals surface area contributed by atoms with Crippen molar-refractivity contribution in [2.24, 2.45) is 11.8 Å². The summed E-state index contributed by atoms with van der Waals surface area (Å²) in [6.07, 6.45) is -0.511. The Kier molecular flexibility index (Phi) is 2.32. The molecule has 0 aromatic heterocycles. The van der Waals surface area contributed by atoms with Gasteiger partial charge < -0.3 is 14.9 Å². The third kappa shape index (κ3) is 1.40. The first kappa shape index (κ1) is 8.99. The van der Waals surface area contributed by atoms with E-state index in [0.717, 1.165) is 0 Å². The summed E-state index contributed by atoms with van der Waals surface area (Å²) in [7, 11) is 0. The van der Waals surface area contributed by atoms with Crippen molar-refractivity contribution in [3.8, 4) is 0 Å². The number of hydrogen-bond donors (Lipinski definition) is 2. The quantitative estimate of drug-likeness (QED) is 0.606. The molecule has 3 unspecified atom stereocenters. The van der Waals surface area contributed by atoms with Crippen LogP contribution in [0.2, 0.25) is 0 Å². The van der Waals surface area contributed by atoms with Gasteiger partial charge in [0.1, 0.15) is 0 Å². The third-order valence-corrected chi connectivity index (χ3v) is 2.08. The molecule has 0 aromatic carbocycles. The van der Waals surface area contributed by atoms with E-state index in [0.29, 0.717) is 0 Å². The Morgan fingerprint density at radius 2 is 1.92 bits per heavy atom. The Bertz CT molecular complexity index is 212. The molecule has 2 N–H and O–H groups in total. The van der Waals surface area contributed by atoms with Gasteiger partial charge in [-0.25, -0.2) is 0 Å². The van der Waals surface area contributed by atoms with E-state index in [-0.39, 0.29) is 6.61 Å². The first-order valence-electron chi connectivity index (χ1n) is 3.61. The van der Waals surface area contributed by atoms with Gasteiger partial charge in [-0.2, -0.15) is 0 Å². The minimum Gasteiger partial charge on any atom is -0.481 e. The maximum absolute atomic E-state index is 10.6. The zero-order valence-electron chi connectivity index (χ0n) is 6.56. The molecule has 1 rings (SSSR count). The van der Waals surface area contributed by atoms with Crippen molar-refractivity contribution >= 4 is 11.9 Å². The number of hydrogen-bond acceptors (Lipinski definition) is 3. The average Bonchev–Trinajstić information content (AvgIpc) is 2.30. The van der Waals surface area contributed by atoms with Crippen molar-refractivity contribution < 1.29 is 24.5 Å². The number of ether oxygens (including phenoxy) is 1. The predicted octanol–water partition coefficient (Wildman–Crippen LogP) is -0.193. The summed E-state index contributed by atoms with van der Waals surface area (Å²) in [5.74, 6) is -4.03. The molecule has 0 amide bonds. The van der Waals surface area contributed by atoms with Gasteiger partial charge in [0.05, 0.1) is 24.5 Å². The fourth-order valence-corrected chi connectivity index (χ4v) is 1.39. The molecule has 0 spiro atoms. The minimum atomic E-state index is -1.10. The predicted molar refractivity (Wildman–Crippen MR) is 37.7 cm³/mol. The number of carbonyl (C=O) groups is 2. The highest BCUT2D eigenvalue weighted by molar-refractivity contribution is 5.81. The molecule has 12 heavy (non-hydrogen) atoms. The van der Waals surface area contributed by atoms with E-state index in [9.17, 15) is 9.59 Å². The molecule has 0 saturated carbocycles. The number of aliphatic carboxylic acids is 2. The fourth-order valence-electron chi connectivity index (χ4n) is 1.39. The first-order valence-corrected chi connectivity index (χ1v) is 3.61. The molecule has 1 fully saturated rings. The van der Waals surface area contributed by atoms with Crippen LogP contribution in [0.25, 0.3) is 0 Å². The second kappa shape index (κ2) is 3.10. The van der Waals surface area contributed by atoms with Crippen LogP contribution >= 0.6 is 0 Å². The van der Waals surface area contributed by atoms with E-state index in [4.69, 9.17) is 14.9 Å². The Balaban J connectivity index is 2.77. The molecule has 1 heterocycles. The van der Waals surface area contributed by atoms with Crippen LogP contribution < -0.4 is 0 Å². The van der Waals surface area contributed by atoms with Gasteiger partial charge in [0.25, 0.3) is 0 Å². The molecular formula is C7H10O5. The summed E-state index contributed by atoms with van der Waals surface area (Å²) in [4.78, 5) is 21.1. The van der Waals surface area contributed by atoms with Crippen molar-refractivity contribution in [2.45, 2.75) is 13.0 Å². The lowest BCUT2D eigenvalue weighted by Gasteiger charge is -2.11. The molecule has 0 aliphatic carbocycles. The normalized spacial score (nSPS) is 34.9. The van der Waals surface area contributed by atoms with Crippen molar-refractivity contribution in [3.63, 3.8) is 0 Å². The summed E-state index contributed by atoms with van der Waals surface area (Å²) in [6.45, 7) is 1.56. The van der Waals surface area contributed by atoms with Crippen LogP contribution in [0.5, 0.6) is 0 Å². The molecule has 0 radical (unpaired) electrons. The molecule has 1 aliphatic heterocycles. The van der Waals surface area contributed by atoms with Crippen molar-refractivity contribution in [1.82, 2.24) is 0 Å². The standard InChI is InChI=1S/C7H10O5/c1-3-5(7(10)11)4(2-12-3)6(8)9/h3-5H,2H2,1H3,(H,8,9)(H,10,11). The zero-order chi connectivity index (χ0) is 9.30. The van der Waals surface area contributed by atoms with Crippen molar-refractivity contribution in [1.29, 1.82) is 0 Å². The van der Waals surface area contributed by atoms with E-state index < -0.39 is 29.9 Å². The van der Waals surface area contributed by atoms with Crippen molar-refractivity contribution in [3.05, 3.63) is 0 Å². The lowest BCUT2D eigenvalue weighted by atomic mass is 9.92. The summed E-state index contributed by atoms with van der Waals surface area (Å²) >= 11 is 0. The van der Waals surface area contributed by atoms with E-state index in [1.165, 1.54) is 0 Å². The number of carboxylic acid groups (broad SMARTS) is 2. The van der Waals surface area contributed by atoms with Crippen LogP contribution in [-0.2, 0) is 14.3 Å². The smallest absolute Gasteiger partial charge is 0.310 e. The van der Waals surface area contributed by atoms with Gasteiger partial charge >= 0.3 is 11.9 Å². The van der Waals surface area contributed by atoms with Crippen LogP contribution in [0, 0.1) is 11.8 Å². The first-order chi connectivity index (χ1) is 5.54. The molecule has 0 aromatic rings. The van der Waals surface area contributed by atoms with Crippen LogP contribution in [0.3, 0.4) is 0 Å². The maximum Gasteiger partial charge on any atom is 0.310 e. The molecule has 68 valence electrons. The molecule has 0 bridgehead atoms. The van der Waals surface area contributed by atoms with E-state index in [2.05, 4.69) is 0 Å². The SMILES string of the molecule is CC1OCC(C(=O)O)C1C(=O)O. The van der Waals surface area contributed by atoms with Crippen LogP contribution in [0.1, 0.15) is 6.92 Å². The Morgan fingerprint density at radius 3 is 2.25 bits per heavy atom. The summed E-state index contributed by atoms with van der Waals surface area (Å²) in [5, 5.41) is 17.3. The highest BCUT2D eigenvalue weighted by atomic mass is 16.5. The van der Waals surface area contributed by atoms with Gasteiger partial charge in [0.2, 0.25) is 0 Å². The highest BCUT2D eigenvalue weighted by Crippen LogP contribution is 2.27. The molecule has 5 nitrogen and oxygen atoms in total. The summed E-state index contributed by atoms with van der Waals surface area (Å²) < 4.78 is 4.94. The van der Waals surface area contributed by atoms with Gasteiger partial charge in [-0.1, -0.05) is 0 Å². The lowest BCUT2D eigenvalue weighted by molar-refractivity contribution is -0.152. The average molecular weight is 174 g/mol. The number of rotatable bonds is 2. The van der Waals surface area contributed by atoms with E-state index >= 15 is 0 Å². The van der Waals surface area contributed by atoms with E-state index in [1.807, 2.05) is 0 Å². The minimum absolute atomic E-state index is 0.00648. The molecular weight excluding hydrogens is 164 g/mol. The Hall–Kier alpha value is -1.10. The molecule has 1 aliphatic rings. The Labute approximate surface area is 68.9 Å². The van der Waals surface area contributed by atoms with Crippen LogP contribution in [-0.4, -0.2) is 34.9 Å². The van der Waals surface area contributed by atoms with Gasteiger partial charge in [0, 0.05) is 0 Å². The second-order valence-corrected chi connectivity index (χ2v) is 2.85. The second-order valence-electron chi connectivity index (χ2n) is 2.85. The van der Waals surface area contributed by atoms with Gasteiger partial charge in [-0.15, -0.1) is 0 Å². The largest absolute Gasteiger partial charge is 0.481 e.